The normalized spacial score (nSPS) is 18.6. The van der Waals surface area contributed by atoms with Gasteiger partial charge in [-0.15, -0.1) is 0 Å². The molecule has 0 bridgehead atoms. The number of fused-ring (bicyclic) bond motifs is 1. The fraction of sp³-hybridized carbons (Fsp3) is 0.105. The van der Waals surface area contributed by atoms with Crippen LogP contribution in [0.15, 0.2) is 58.6 Å². The van der Waals surface area contributed by atoms with E-state index in [1.807, 2.05) is 24.3 Å². The van der Waals surface area contributed by atoms with Crippen LogP contribution in [0, 0.1) is 0 Å². The van der Waals surface area contributed by atoms with Crippen molar-refractivity contribution in [3.8, 4) is 5.75 Å². The molecule has 0 aromatic heterocycles. The Bertz CT molecular complexity index is 982. The Morgan fingerprint density at radius 3 is 2.41 bits per heavy atom. The van der Waals surface area contributed by atoms with Crippen LogP contribution in [0.2, 0.25) is 0 Å². The number of anilines is 1. The average Bonchev–Trinajstić information content (AvgIpc) is 3.17. The molecule has 0 saturated carbocycles. The Kier molecular flexibility index (Phi) is 4.29. The second kappa shape index (κ2) is 6.64. The van der Waals surface area contributed by atoms with Gasteiger partial charge in [0.25, 0.3) is 11.8 Å². The maximum absolute atomic E-state index is 12.9. The molecule has 27 heavy (non-hydrogen) atoms. The van der Waals surface area contributed by atoms with Gasteiger partial charge in [0.2, 0.25) is 0 Å². The molecule has 2 aliphatic heterocycles. The molecule has 1 atom stereocenters. The van der Waals surface area contributed by atoms with Crippen LogP contribution in [0.4, 0.5) is 5.69 Å². The predicted octanol–water partition coefficient (Wildman–Crippen LogP) is 2.56. The number of hydroxylamine groups is 1. The lowest BCUT2D eigenvalue weighted by Crippen LogP contribution is -2.34. The van der Waals surface area contributed by atoms with E-state index in [0.717, 1.165) is 14.9 Å². The summed E-state index contributed by atoms with van der Waals surface area (Å²) < 4.78 is 5.87. The number of hydrogen-bond donors (Lipinski definition) is 1. The van der Waals surface area contributed by atoms with Crippen molar-refractivity contribution in [1.82, 2.24) is 5.48 Å². The second-order valence-electron chi connectivity index (χ2n) is 5.96. The van der Waals surface area contributed by atoms with E-state index in [4.69, 9.17) is 9.57 Å². The third kappa shape index (κ3) is 3.02. The minimum atomic E-state index is -0.996. The number of hydrogen-bond acceptors (Lipinski definition) is 6. The molecular formula is C19H13BrN2O5. The molecule has 8 heteroatoms. The molecule has 2 aliphatic rings. The topological polar surface area (TPSA) is 84.9 Å². The molecule has 1 fully saturated rings. The van der Waals surface area contributed by atoms with E-state index in [-0.39, 0.29) is 5.57 Å². The second-order valence-corrected chi connectivity index (χ2v) is 6.88. The van der Waals surface area contributed by atoms with Gasteiger partial charge in [0.15, 0.2) is 6.10 Å². The maximum Gasteiger partial charge on any atom is 0.308 e. The Labute approximate surface area is 162 Å². The summed E-state index contributed by atoms with van der Waals surface area (Å²) >= 11 is 3.36. The quantitative estimate of drug-likeness (QED) is 0.459. The lowest BCUT2D eigenvalue weighted by atomic mass is 10.1. The third-order valence-corrected chi connectivity index (χ3v) is 4.71. The molecule has 0 aliphatic carbocycles. The van der Waals surface area contributed by atoms with E-state index in [0.29, 0.717) is 17.1 Å². The highest BCUT2D eigenvalue weighted by atomic mass is 79.9. The van der Waals surface area contributed by atoms with Gasteiger partial charge in [-0.3, -0.25) is 24.7 Å². The fourth-order valence-corrected chi connectivity index (χ4v) is 3.26. The van der Waals surface area contributed by atoms with Crippen LogP contribution in [0.5, 0.6) is 5.75 Å². The molecule has 0 spiro atoms. The number of imide groups is 1. The van der Waals surface area contributed by atoms with Gasteiger partial charge < -0.3 is 4.74 Å². The van der Waals surface area contributed by atoms with E-state index in [9.17, 15) is 14.4 Å². The lowest BCUT2D eigenvalue weighted by Gasteiger charge is -2.16. The number of amides is 2. The molecule has 2 amide bonds. The molecule has 7 nitrogen and oxygen atoms in total. The molecule has 4 rings (SSSR count). The zero-order chi connectivity index (χ0) is 19.1. The van der Waals surface area contributed by atoms with Gasteiger partial charge in [0, 0.05) is 17.0 Å². The molecule has 0 unspecified atom stereocenters. The number of nitrogens with zero attached hydrogens (tertiary/aromatic N) is 1. The third-order valence-electron chi connectivity index (χ3n) is 4.18. The van der Waals surface area contributed by atoms with Crippen molar-refractivity contribution >= 4 is 45.1 Å². The molecule has 0 radical (unpaired) electrons. The monoisotopic (exact) mass is 428 g/mol. The van der Waals surface area contributed by atoms with Gasteiger partial charge in [-0.25, -0.2) is 4.90 Å². The van der Waals surface area contributed by atoms with Gasteiger partial charge in [-0.2, -0.15) is 0 Å². The highest BCUT2D eigenvalue weighted by molar-refractivity contribution is 9.10. The van der Waals surface area contributed by atoms with Crippen molar-refractivity contribution in [2.75, 3.05) is 4.90 Å². The highest BCUT2D eigenvalue weighted by Gasteiger charge is 2.50. The molecule has 1 saturated heterocycles. The molecule has 2 aromatic rings. The number of carbonyl (C=O) groups excluding carboxylic acids is 3. The van der Waals surface area contributed by atoms with Crippen LogP contribution in [0.1, 0.15) is 12.5 Å². The summed E-state index contributed by atoms with van der Waals surface area (Å²) in [4.78, 5) is 43.1. The van der Waals surface area contributed by atoms with Crippen LogP contribution >= 0.6 is 15.9 Å². The number of nitrogens with one attached hydrogen (secondary N) is 1. The summed E-state index contributed by atoms with van der Waals surface area (Å²) in [5, 5.41) is 0. The summed E-state index contributed by atoms with van der Waals surface area (Å²) in [5.41, 5.74) is 4.56. The average molecular weight is 429 g/mol. The number of carbonyl (C=O) groups is 3. The first-order chi connectivity index (χ1) is 13.0. The van der Waals surface area contributed by atoms with Crippen molar-refractivity contribution in [3.63, 3.8) is 0 Å². The Morgan fingerprint density at radius 1 is 1.11 bits per heavy atom. The van der Waals surface area contributed by atoms with Crippen LogP contribution in [-0.4, -0.2) is 23.9 Å². The van der Waals surface area contributed by atoms with Gasteiger partial charge in [-0.05, 0) is 36.4 Å². The van der Waals surface area contributed by atoms with Crippen LogP contribution in [0.25, 0.3) is 5.70 Å². The van der Waals surface area contributed by atoms with E-state index in [2.05, 4.69) is 21.4 Å². The predicted molar refractivity (Wildman–Crippen MR) is 99.3 cm³/mol. The highest BCUT2D eigenvalue weighted by Crippen LogP contribution is 2.36. The number of ether oxygens (including phenoxy) is 1. The molecule has 136 valence electrons. The van der Waals surface area contributed by atoms with Crippen molar-refractivity contribution in [2.24, 2.45) is 0 Å². The van der Waals surface area contributed by atoms with Gasteiger partial charge in [0.1, 0.15) is 5.75 Å². The Hall–Kier alpha value is -2.97. The maximum atomic E-state index is 12.9. The van der Waals surface area contributed by atoms with Crippen LogP contribution in [0.3, 0.4) is 0 Å². The molecule has 2 heterocycles. The summed E-state index contributed by atoms with van der Waals surface area (Å²) in [6, 6.07) is 13.4. The largest absolute Gasteiger partial charge is 0.427 e. The molecule has 2 aromatic carbocycles. The van der Waals surface area contributed by atoms with Gasteiger partial charge in [-0.1, -0.05) is 28.1 Å². The standard InChI is InChI=1S/C19H13BrN2O5/c1-10(23)26-14-8-6-13(7-9-14)22-18(24)15-16(21-27-17(15)19(22)25)11-2-4-12(20)5-3-11/h2-9,17,21H,1H3/t17-/m1/s1. The Morgan fingerprint density at radius 2 is 1.78 bits per heavy atom. The minimum absolute atomic E-state index is 0.270. The molecular weight excluding hydrogens is 416 g/mol. The molecule has 1 N–H and O–H groups in total. The first-order valence-corrected chi connectivity index (χ1v) is 8.83. The number of esters is 1. The summed E-state index contributed by atoms with van der Waals surface area (Å²) in [5.74, 6) is -1.05. The SMILES string of the molecule is CC(=O)Oc1ccc(N2C(=O)C3=C(c4ccc(Br)cc4)NO[C@H]3C2=O)cc1. The smallest absolute Gasteiger partial charge is 0.308 e. The Balaban J connectivity index is 1.68. The summed E-state index contributed by atoms with van der Waals surface area (Å²) in [6.07, 6.45) is -0.996. The van der Waals surface area contributed by atoms with Crippen molar-refractivity contribution in [2.45, 2.75) is 13.0 Å². The first-order valence-electron chi connectivity index (χ1n) is 8.04. The van der Waals surface area contributed by atoms with E-state index in [1.54, 1.807) is 12.1 Å². The van der Waals surface area contributed by atoms with E-state index in [1.165, 1.54) is 19.1 Å². The van der Waals surface area contributed by atoms with E-state index >= 15 is 0 Å². The summed E-state index contributed by atoms with van der Waals surface area (Å²) in [6.45, 7) is 1.29. The van der Waals surface area contributed by atoms with Crippen LogP contribution < -0.4 is 15.1 Å². The first kappa shape index (κ1) is 17.4. The van der Waals surface area contributed by atoms with Crippen molar-refractivity contribution < 1.29 is 24.0 Å². The minimum Gasteiger partial charge on any atom is -0.427 e. The number of rotatable bonds is 3. The van der Waals surface area contributed by atoms with Crippen molar-refractivity contribution in [3.05, 3.63) is 64.1 Å². The van der Waals surface area contributed by atoms with E-state index < -0.39 is 23.9 Å². The summed E-state index contributed by atoms with van der Waals surface area (Å²) in [7, 11) is 0. The lowest BCUT2D eigenvalue weighted by molar-refractivity contribution is -0.132. The fourth-order valence-electron chi connectivity index (χ4n) is 3.00. The van der Waals surface area contributed by atoms with Crippen LogP contribution in [-0.2, 0) is 19.2 Å². The van der Waals surface area contributed by atoms with Gasteiger partial charge >= 0.3 is 5.97 Å². The zero-order valence-corrected chi connectivity index (χ0v) is 15.6. The van der Waals surface area contributed by atoms with Crippen molar-refractivity contribution in [1.29, 1.82) is 0 Å². The number of halogens is 1. The number of benzene rings is 2. The van der Waals surface area contributed by atoms with Gasteiger partial charge in [0.05, 0.1) is 17.0 Å². The zero-order valence-electron chi connectivity index (χ0n) is 14.1.